The normalized spacial score (nSPS) is 24.9. The molecule has 11 aromatic heterocycles. The van der Waals surface area contributed by atoms with Crippen LogP contribution in [0.2, 0.25) is 0 Å². The van der Waals surface area contributed by atoms with Crippen LogP contribution in [0.1, 0.15) is 133 Å². The molecule has 17 N–H and O–H groups in total. The molecule has 54 heteroatoms. The Kier molecular flexibility index (Phi) is 30.4. The Bertz CT molecular complexity index is 6860. The van der Waals surface area contributed by atoms with E-state index in [0.29, 0.717) is 91.8 Å². The summed E-state index contributed by atoms with van der Waals surface area (Å²) in [4.78, 5) is 120. The van der Waals surface area contributed by atoms with E-state index in [9.17, 15) is 64.1 Å². The van der Waals surface area contributed by atoms with Gasteiger partial charge in [-0.15, -0.1) is 32.1 Å². The van der Waals surface area contributed by atoms with Gasteiger partial charge in [-0.05, 0) is 75.8 Å². The van der Waals surface area contributed by atoms with Crippen LogP contribution >= 0.6 is 0 Å². The lowest BCUT2D eigenvalue weighted by Gasteiger charge is -2.26. The number of hydrogen-bond acceptors (Lipinski definition) is 45. The molecule has 3 amide bonds. The zero-order valence-electron chi connectivity index (χ0n) is 76.8. The number of aromatic nitrogens is 20. The lowest BCUT2D eigenvalue weighted by atomic mass is 9.99. The molecule has 11 aromatic rings. The Labute approximate surface area is 792 Å². The highest BCUT2D eigenvalue weighted by atomic mass is 19.1. The number of aryl methyl sites for hydroxylation is 5. The summed E-state index contributed by atoms with van der Waals surface area (Å²) in [7, 11) is 1.42. The summed E-state index contributed by atoms with van der Waals surface area (Å²) >= 11 is 0. The largest absolute Gasteiger partial charge is 0.519 e. The number of amides is 3. The van der Waals surface area contributed by atoms with E-state index >= 15 is 0 Å². The van der Waals surface area contributed by atoms with Crippen molar-refractivity contribution in [2.45, 2.75) is 210 Å². The van der Waals surface area contributed by atoms with Gasteiger partial charge in [-0.1, -0.05) is 29.6 Å². The van der Waals surface area contributed by atoms with Crippen LogP contribution in [0, 0.1) is 102 Å². The van der Waals surface area contributed by atoms with Gasteiger partial charge in [0.05, 0.1) is 57.5 Å². The standard InChI is InChI=1S/C19H19N5O8.C19H21N5O5.C17H22N6O4.C16H18FN5O5.C15H18N6O4/c1-4-19(7-29-17(26)28-6-11-9(2)30-18(27)31-11)12(25)5-13(32-19)24-8-21-14-15(20)22-10(3)23-16(14)24;1-5-19(8-25)14(26)6-15(29-19)24-9-21-16-17(22-11(3)23-18(16)24)20-7-13-10(2)27-12(4)28-13;1-5-17(7-26-16(25)20-9(2)3)11(24)6-12(27-17)23-8-19-13-14(18)21-10(4)22-15(13)23;1-4-16(6-23)9(24)5-10(27-16)22-7-18-11-12(19-14(17)21-13(11)22)20-15(25)26-8(2)3;1-4-15(6-24-14(23)17-3)9(22)5-10(25-15)21-7-18-11-12(16)19-8(2)20-13(11)21/h1,8,12-13,25H,5-7H2,2-3H3,(H2,20,22,23);1,9,14-15,25-26H,4,6-8H2,2-3H3,(H,20,22,23);1,8-9,11-12,24H,6-7H2,2-4H3,(H,20,25)(H2,18,21,22);1,7-10,23-24H,5-6H2,2-3H3,(H,19,20,21,25);1,7,9-10,22H,5-6H2,2-3H3,(H,17,23)(H2,16,19,20)/t12-,13+,19+;14-,15+,19+;11-,12+,17+;9-,10+,16+;9-,10+,15+/m00000/s1. The summed E-state index contributed by atoms with van der Waals surface area (Å²) in [5.41, 5.74) is 13.8. The van der Waals surface area contributed by atoms with Crippen molar-refractivity contribution in [3.05, 3.63) is 107 Å². The number of allylic oxidation sites excluding steroid dienone is 1. The van der Waals surface area contributed by atoms with Crippen LogP contribution in [0.15, 0.2) is 69.3 Å². The fourth-order valence-electron chi connectivity index (χ4n) is 15.1. The van der Waals surface area contributed by atoms with Gasteiger partial charge in [0.1, 0.15) is 127 Å². The average Bonchev–Trinajstić information content (AvgIpc) is 1.63. The van der Waals surface area contributed by atoms with Gasteiger partial charge >= 0.3 is 36.3 Å². The molecule has 0 aromatic carbocycles. The van der Waals surface area contributed by atoms with Crippen LogP contribution in [0.5, 0.6) is 0 Å². The van der Waals surface area contributed by atoms with Crippen molar-refractivity contribution in [1.29, 1.82) is 0 Å². The number of nitrogens with two attached hydrogens (primary N) is 3. The minimum absolute atomic E-state index is 0.0188. The molecular weight excluding hydrogens is 1850 g/mol. The van der Waals surface area contributed by atoms with E-state index in [0.717, 1.165) is 0 Å². The van der Waals surface area contributed by atoms with Crippen molar-refractivity contribution in [1.82, 2.24) is 108 Å². The maximum Gasteiger partial charge on any atom is 0.519 e. The van der Waals surface area contributed by atoms with E-state index in [2.05, 4.69) is 137 Å². The predicted molar refractivity (Wildman–Crippen MR) is 480 cm³/mol. The summed E-state index contributed by atoms with van der Waals surface area (Å²) in [6.07, 6.45) is 21.9. The first kappa shape index (κ1) is 102. The molecule has 140 heavy (non-hydrogen) atoms. The number of nitrogen functional groups attached to an aromatic ring is 3. The highest BCUT2D eigenvalue weighted by molar-refractivity contribution is 5.93. The van der Waals surface area contributed by atoms with Crippen LogP contribution < -0.4 is 44.3 Å². The monoisotopic (exact) mass is 1940 g/mol. The maximum atomic E-state index is 13.9. The molecule has 0 saturated carbocycles. The van der Waals surface area contributed by atoms with Gasteiger partial charge < -0.3 is 135 Å². The molecule has 15 atom stereocenters. The smallest absolute Gasteiger partial charge is 0.447 e. The summed E-state index contributed by atoms with van der Waals surface area (Å²) < 4.78 is 96.0. The van der Waals surface area contributed by atoms with E-state index in [4.69, 9.17) is 111 Å². The maximum absolute atomic E-state index is 13.9. The second-order valence-corrected chi connectivity index (χ2v) is 32.6. The van der Waals surface area contributed by atoms with Crippen molar-refractivity contribution < 1.29 is 125 Å². The zero-order chi connectivity index (χ0) is 102. The number of rotatable bonds is 21. The number of nitrogens with one attached hydrogen (secondary N) is 4. The summed E-state index contributed by atoms with van der Waals surface area (Å²) in [6.45, 7) is 18.5. The van der Waals surface area contributed by atoms with Gasteiger partial charge in [0.25, 0.3) is 5.95 Å². The molecular formula is C86H98FN27O26. The highest BCUT2D eigenvalue weighted by Gasteiger charge is 2.54. The number of aliphatic hydroxyl groups excluding tert-OH is 7. The molecule has 17 rings (SSSR count). The van der Waals surface area contributed by atoms with E-state index < -0.39 is 146 Å². The molecule has 53 nitrogen and oxygen atoms in total. The lowest BCUT2D eigenvalue weighted by Crippen LogP contribution is -2.44. The number of ether oxygens (including phenoxy) is 12. The Hall–Kier alpha value is -15.6. The first-order valence-corrected chi connectivity index (χ1v) is 42.6. The SMILES string of the molecule is C#C[C@]1(CO)O[C@@H](n2cnc3c(NC(=O)OC(C)C)nc(F)nc32)C[C@@H]1O.C#C[C@]1(CO)O[C@@H](n2cnc3c(NCC4=C(C)OC(=C)O4)nc(C)nc32)C[C@@H]1O.C#C[C@]1(COC(=O)NC(C)C)O[C@@H](n2cnc3c(N)nc(C)nc32)C[C@@H]1O.C#C[C@]1(COC(=O)NC)O[C@@H](n2cnc3c(N)nc(C)nc32)C[C@@H]1O.C#C[C@]1(COC(=O)OCc2oc(=O)oc2C)O[C@@H](n2cnc3c(N)nc(C)nc32)C[C@@H]1O. The second-order valence-electron chi connectivity index (χ2n) is 32.6. The fraction of sp³-hybridized carbons (Fsp3) is 0.465. The van der Waals surface area contributed by atoms with Gasteiger partial charge in [-0.25, -0.2) is 88.8 Å². The Balaban J connectivity index is 0.000000148. The number of fused-ring (bicyclic) bond motifs is 5. The number of carbonyl (C=O) groups is 4. The molecule has 0 aliphatic carbocycles. The molecule has 740 valence electrons. The van der Waals surface area contributed by atoms with Crippen molar-refractivity contribution >= 4 is 109 Å². The zero-order valence-corrected chi connectivity index (χ0v) is 76.8. The fourth-order valence-corrected chi connectivity index (χ4v) is 15.1. The van der Waals surface area contributed by atoms with Crippen LogP contribution in [0.3, 0.4) is 0 Å². The number of hydrogen-bond donors (Lipinski definition) is 14. The lowest BCUT2D eigenvalue weighted by molar-refractivity contribution is -0.0987. The molecule has 0 radical (unpaired) electrons. The molecule has 5 fully saturated rings. The summed E-state index contributed by atoms with van der Waals surface area (Å²) in [5, 5.41) is 81.4. The number of terminal acetylenes is 5. The number of aliphatic hydroxyl groups is 7. The van der Waals surface area contributed by atoms with Crippen LogP contribution in [0.25, 0.3) is 55.8 Å². The van der Waals surface area contributed by atoms with E-state index in [1.165, 1.54) is 43.8 Å². The number of alkyl carbamates (subject to hydrolysis) is 2. The molecule has 0 spiro atoms. The molecule has 0 unspecified atom stereocenters. The molecule has 6 aliphatic heterocycles. The van der Waals surface area contributed by atoms with E-state index in [1.54, 1.807) is 86.9 Å². The second kappa shape index (κ2) is 41.7. The third-order valence-corrected chi connectivity index (χ3v) is 22.3. The van der Waals surface area contributed by atoms with Gasteiger partial charge in [-0.3, -0.25) is 28.2 Å². The van der Waals surface area contributed by atoms with Crippen molar-refractivity contribution in [3.8, 4) is 61.7 Å². The van der Waals surface area contributed by atoms with Gasteiger partial charge in [-0.2, -0.15) is 14.4 Å². The average molecular weight is 1940 g/mol. The number of carbonyl (C=O) groups excluding carboxylic acids is 4. The Morgan fingerprint density at radius 1 is 0.500 bits per heavy atom. The van der Waals surface area contributed by atoms with Crippen LogP contribution in [-0.2, 0) is 63.4 Å². The summed E-state index contributed by atoms with van der Waals surface area (Å²) in [5.74, 6) is 15.5. The molecule has 0 bridgehead atoms. The minimum atomic E-state index is -1.63. The highest BCUT2D eigenvalue weighted by Crippen LogP contribution is 2.45. The Morgan fingerprint density at radius 3 is 1.22 bits per heavy atom. The van der Waals surface area contributed by atoms with Gasteiger partial charge in [0.15, 0.2) is 120 Å². The number of anilines is 5. The Morgan fingerprint density at radius 2 is 0.864 bits per heavy atom. The van der Waals surface area contributed by atoms with E-state index in [1.807, 2.05) is 0 Å². The first-order chi connectivity index (χ1) is 66.5. The van der Waals surface area contributed by atoms with E-state index in [-0.39, 0.29) is 116 Å². The first-order valence-electron chi connectivity index (χ1n) is 42.6. The van der Waals surface area contributed by atoms with Crippen LogP contribution in [0.4, 0.5) is 52.7 Å². The summed E-state index contributed by atoms with van der Waals surface area (Å²) in [6, 6.07) is -0.0906. The molecule has 17 heterocycles. The predicted octanol–water partition coefficient (Wildman–Crippen LogP) is 2.31. The number of nitrogens with zero attached hydrogens (tertiary/aromatic N) is 20. The van der Waals surface area contributed by atoms with Crippen molar-refractivity contribution in [2.24, 2.45) is 0 Å². The quantitative estimate of drug-likeness (QED) is 0.0212. The van der Waals surface area contributed by atoms with Crippen molar-refractivity contribution in [2.75, 3.05) is 74.5 Å². The van der Waals surface area contributed by atoms with Crippen molar-refractivity contribution in [3.63, 3.8) is 0 Å². The number of imidazole rings is 5. The topological polar surface area (TPSA) is 708 Å². The minimum Gasteiger partial charge on any atom is -0.447 e. The number of halogens is 1. The van der Waals surface area contributed by atoms with Crippen LogP contribution in [-0.4, -0.2) is 275 Å². The third kappa shape index (κ3) is 21.2. The third-order valence-electron chi connectivity index (χ3n) is 22.3. The van der Waals surface area contributed by atoms with Gasteiger partial charge in [0, 0.05) is 45.2 Å². The van der Waals surface area contributed by atoms with Gasteiger partial charge in [0.2, 0.25) is 0 Å². The molecule has 5 saturated heterocycles. The molecule has 6 aliphatic rings.